The number of nitrogens with one attached hydrogen (secondary N) is 2. The van der Waals surface area contributed by atoms with Gasteiger partial charge in [0.15, 0.2) is 0 Å². The minimum absolute atomic E-state index is 0.0760. The van der Waals surface area contributed by atoms with Gasteiger partial charge in [-0.1, -0.05) is 60.7 Å². The summed E-state index contributed by atoms with van der Waals surface area (Å²) >= 11 is 0. The number of benzene rings is 3. The van der Waals surface area contributed by atoms with Gasteiger partial charge in [0.2, 0.25) is 5.91 Å². The summed E-state index contributed by atoms with van der Waals surface area (Å²) in [5.41, 5.74) is 9.75. The van der Waals surface area contributed by atoms with Crippen LogP contribution in [0.5, 0.6) is 0 Å². The predicted molar refractivity (Wildman–Crippen MR) is 119 cm³/mol. The first kappa shape index (κ1) is 19.3. The van der Waals surface area contributed by atoms with Gasteiger partial charge in [0.1, 0.15) is 6.54 Å². The number of aromatic nitrogens is 1. The average Bonchev–Trinajstić information content (AvgIpc) is 3.12. The molecular weight excluding hydrogens is 376 g/mol. The lowest BCUT2D eigenvalue weighted by Crippen LogP contribution is -2.27. The molecule has 4 aromatic rings. The van der Waals surface area contributed by atoms with Crippen LogP contribution in [0.3, 0.4) is 0 Å². The summed E-state index contributed by atoms with van der Waals surface area (Å²) in [5, 5.41) is 6.58. The average molecular weight is 398 g/mol. The highest BCUT2D eigenvalue weighted by molar-refractivity contribution is 5.89. The highest BCUT2D eigenvalue weighted by Crippen LogP contribution is 2.28. The van der Waals surface area contributed by atoms with Gasteiger partial charge in [-0.2, -0.15) is 0 Å². The largest absolute Gasteiger partial charge is 0.351 e. The quantitative estimate of drug-likeness (QED) is 0.456. The number of fused-ring (bicyclic) bond motifs is 1. The van der Waals surface area contributed by atoms with Crippen LogP contribution in [-0.4, -0.2) is 16.5 Å². The van der Waals surface area contributed by atoms with Crippen molar-refractivity contribution in [2.75, 3.05) is 5.32 Å². The van der Waals surface area contributed by atoms with Gasteiger partial charge in [-0.3, -0.25) is 4.79 Å². The molecule has 0 aliphatic heterocycles. The molecule has 3 aromatic carbocycles. The van der Waals surface area contributed by atoms with E-state index in [1.54, 1.807) is 12.1 Å². The van der Waals surface area contributed by atoms with Crippen molar-refractivity contribution in [2.24, 2.45) is 5.73 Å². The molecule has 4 N–H and O–H groups in total. The first-order chi connectivity index (χ1) is 14.6. The van der Waals surface area contributed by atoms with Gasteiger partial charge in [-0.25, -0.2) is 4.79 Å². The Labute approximate surface area is 174 Å². The van der Waals surface area contributed by atoms with Gasteiger partial charge >= 0.3 is 6.03 Å². The maximum Gasteiger partial charge on any atom is 0.316 e. The van der Waals surface area contributed by atoms with Crippen LogP contribution < -0.4 is 16.4 Å². The molecular formula is C24H22N4O2. The van der Waals surface area contributed by atoms with Crippen molar-refractivity contribution in [2.45, 2.75) is 13.1 Å². The number of hydrogen-bond acceptors (Lipinski definition) is 2. The Kier molecular flexibility index (Phi) is 5.48. The van der Waals surface area contributed by atoms with Crippen LogP contribution >= 0.6 is 0 Å². The summed E-state index contributed by atoms with van der Waals surface area (Å²) in [6, 6.07) is 26.8. The molecule has 0 saturated carbocycles. The first-order valence-corrected chi connectivity index (χ1v) is 9.66. The molecule has 1 aromatic heterocycles. The molecule has 1 heterocycles. The first-order valence-electron chi connectivity index (χ1n) is 9.66. The Hall–Kier alpha value is -4.06. The molecule has 0 aliphatic rings. The van der Waals surface area contributed by atoms with Crippen molar-refractivity contribution < 1.29 is 9.59 Å². The zero-order valence-electron chi connectivity index (χ0n) is 16.3. The normalized spacial score (nSPS) is 10.7. The number of carbonyl (C=O) groups is 2. The summed E-state index contributed by atoms with van der Waals surface area (Å²) in [5.74, 6) is -0.0760. The van der Waals surface area contributed by atoms with Gasteiger partial charge in [-0.05, 0) is 35.4 Å². The molecule has 4 rings (SSSR count). The fourth-order valence-corrected chi connectivity index (χ4v) is 3.48. The smallest absolute Gasteiger partial charge is 0.316 e. The second-order valence-corrected chi connectivity index (χ2v) is 7.00. The van der Waals surface area contributed by atoms with Crippen LogP contribution in [0.1, 0.15) is 5.56 Å². The zero-order valence-corrected chi connectivity index (χ0v) is 16.3. The maximum atomic E-state index is 12.7. The Bertz CT molecular complexity index is 1180. The highest BCUT2D eigenvalue weighted by Gasteiger charge is 2.13. The molecule has 0 unspecified atom stereocenters. The second-order valence-electron chi connectivity index (χ2n) is 7.00. The van der Waals surface area contributed by atoms with Gasteiger partial charge in [0.05, 0.1) is 0 Å². The molecule has 0 saturated heterocycles. The molecule has 0 bridgehead atoms. The number of nitrogens with two attached hydrogens (primary N) is 1. The van der Waals surface area contributed by atoms with Crippen LogP contribution in [-0.2, 0) is 17.9 Å². The Morgan fingerprint density at radius 2 is 1.57 bits per heavy atom. The fourth-order valence-electron chi connectivity index (χ4n) is 3.48. The number of para-hydroxylation sites is 1. The molecule has 0 spiro atoms. The van der Waals surface area contributed by atoms with Crippen molar-refractivity contribution in [3.63, 3.8) is 0 Å². The van der Waals surface area contributed by atoms with Crippen LogP contribution in [0.2, 0.25) is 0 Å². The summed E-state index contributed by atoms with van der Waals surface area (Å²) < 4.78 is 2.04. The summed E-state index contributed by atoms with van der Waals surface area (Å²) in [6.07, 6.45) is 0. The van der Waals surface area contributed by atoms with E-state index in [4.69, 9.17) is 5.73 Å². The van der Waals surface area contributed by atoms with Crippen LogP contribution in [0, 0.1) is 0 Å². The zero-order chi connectivity index (χ0) is 20.9. The van der Waals surface area contributed by atoms with E-state index in [9.17, 15) is 9.59 Å². The van der Waals surface area contributed by atoms with Crippen LogP contribution in [0.15, 0.2) is 84.9 Å². The van der Waals surface area contributed by atoms with Crippen molar-refractivity contribution in [3.05, 3.63) is 90.5 Å². The Morgan fingerprint density at radius 3 is 2.30 bits per heavy atom. The number of anilines is 1. The van der Waals surface area contributed by atoms with Crippen molar-refractivity contribution in [1.82, 2.24) is 9.88 Å². The minimum atomic E-state index is -0.607. The number of carbonyl (C=O) groups excluding carboxylic acids is 2. The summed E-state index contributed by atoms with van der Waals surface area (Å²) in [6.45, 7) is 0.620. The lowest BCUT2D eigenvalue weighted by Gasteiger charge is -2.12. The molecule has 30 heavy (non-hydrogen) atoms. The number of nitrogens with zero attached hydrogens (tertiary/aromatic N) is 1. The van der Waals surface area contributed by atoms with Crippen molar-refractivity contribution in [1.29, 1.82) is 0 Å². The molecule has 6 nitrogen and oxygen atoms in total. The van der Waals surface area contributed by atoms with E-state index in [2.05, 4.69) is 22.8 Å². The Balaban J connectivity index is 1.50. The molecule has 3 amide bonds. The second kappa shape index (κ2) is 8.53. The Morgan fingerprint density at radius 1 is 0.867 bits per heavy atom. The van der Waals surface area contributed by atoms with Gasteiger partial charge in [0, 0.05) is 28.8 Å². The molecule has 150 valence electrons. The van der Waals surface area contributed by atoms with Crippen LogP contribution in [0.25, 0.3) is 22.2 Å². The van der Waals surface area contributed by atoms with E-state index >= 15 is 0 Å². The topological polar surface area (TPSA) is 89.2 Å². The van der Waals surface area contributed by atoms with Crippen molar-refractivity contribution in [3.8, 4) is 11.3 Å². The van der Waals surface area contributed by atoms with E-state index in [1.807, 2.05) is 65.2 Å². The van der Waals surface area contributed by atoms with Crippen molar-refractivity contribution >= 4 is 28.5 Å². The number of amides is 3. The predicted octanol–water partition coefficient (Wildman–Crippen LogP) is 4.12. The van der Waals surface area contributed by atoms with E-state index in [0.29, 0.717) is 12.2 Å². The fraction of sp³-hybridized carbons (Fsp3) is 0.0833. The van der Waals surface area contributed by atoms with Gasteiger partial charge in [-0.15, -0.1) is 0 Å². The molecule has 0 aliphatic carbocycles. The molecule has 0 atom stereocenters. The van der Waals surface area contributed by atoms with E-state index in [-0.39, 0.29) is 12.5 Å². The van der Waals surface area contributed by atoms with Gasteiger partial charge in [0.25, 0.3) is 0 Å². The molecule has 0 radical (unpaired) electrons. The summed E-state index contributed by atoms with van der Waals surface area (Å²) in [4.78, 5) is 23.6. The minimum Gasteiger partial charge on any atom is -0.351 e. The monoisotopic (exact) mass is 398 g/mol. The maximum absolute atomic E-state index is 12.7. The third kappa shape index (κ3) is 4.33. The number of rotatable bonds is 6. The van der Waals surface area contributed by atoms with Crippen LogP contribution in [0.4, 0.5) is 10.5 Å². The lowest BCUT2D eigenvalue weighted by atomic mass is 10.1. The summed E-state index contributed by atoms with van der Waals surface area (Å²) in [7, 11) is 0. The number of urea groups is 1. The number of primary amides is 1. The van der Waals surface area contributed by atoms with E-state index in [1.165, 1.54) is 0 Å². The number of hydrogen-bond donors (Lipinski definition) is 3. The SMILES string of the molecule is NC(=O)Nc1ccc(CNC(=O)Cn2c(-c3ccccc3)cc3ccccc32)cc1. The molecule has 6 heteroatoms. The molecule has 0 fully saturated rings. The third-order valence-electron chi connectivity index (χ3n) is 4.89. The third-order valence-corrected chi connectivity index (χ3v) is 4.89. The highest BCUT2D eigenvalue weighted by atomic mass is 16.2. The standard InChI is InChI=1S/C24H22N4O2/c25-24(30)27-20-12-10-17(11-13-20)15-26-23(29)16-28-21-9-5-4-8-19(21)14-22(28)18-6-2-1-3-7-18/h1-14H,15-16H2,(H,26,29)(H3,25,27,30). The van der Waals surface area contributed by atoms with Gasteiger partial charge < -0.3 is 20.9 Å². The van der Waals surface area contributed by atoms with E-state index in [0.717, 1.165) is 27.7 Å². The lowest BCUT2D eigenvalue weighted by molar-refractivity contribution is -0.121. The van der Waals surface area contributed by atoms with E-state index < -0.39 is 6.03 Å².